The van der Waals surface area contributed by atoms with Gasteiger partial charge in [-0.2, -0.15) is 5.10 Å². The molecular formula is C19H37IN6. The molecule has 0 bridgehead atoms. The molecule has 6 nitrogen and oxygen atoms in total. The molecule has 26 heavy (non-hydrogen) atoms. The smallest absolute Gasteiger partial charge is 0.191 e. The maximum Gasteiger partial charge on any atom is 0.191 e. The van der Waals surface area contributed by atoms with Gasteiger partial charge < -0.3 is 15.5 Å². The summed E-state index contributed by atoms with van der Waals surface area (Å²) in [4.78, 5) is 7.26. The summed E-state index contributed by atoms with van der Waals surface area (Å²) >= 11 is 0. The highest BCUT2D eigenvalue weighted by molar-refractivity contribution is 14.0. The molecule has 150 valence electrons. The standard InChI is InChI=1S/C19H36N6.HI/c1-4-20-19(22-10-6-12-25-16-18(3)15-23-25)21-9-5-11-24-13-7-17(2)8-14-24;/h15-17H,4-14H2,1-3H3,(H2,20,21,22);1H. The number of halogens is 1. The molecule has 2 heterocycles. The molecule has 1 aromatic heterocycles. The van der Waals surface area contributed by atoms with Gasteiger partial charge in [0.2, 0.25) is 0 Å². The van der Waals surface area contributed by atoms with Gasteiger partial charge in [0.05, 0.1) is 6.20 Å². The van der Waals surface area contributed by atoms with Gasteiger partial charge in [-0.05, 0) is 70.6 Å². The Hall–Kier alpha value is -0.830. The van der Waals surface area contributed by atoms with Gasteiger partial charge in [0.25, 0.3) is 0 Å². The normalized spacial score (nSPS) is 16.3. The molecule has 1 aliphatic rings. The van der Waals surface area contributed by atoms with Crippen LogP contribution in [0.15, 0.2) is 17.4 Å². The Morgan fingerprint density at radius 3 is 2.65 bits per heavy atom. The summed E-state index contributed by atoms with van der Waals surface area (Å²) in [6, 6.07) is 0. The van der Waals surface area contributed by atoms with E-state index in [-0.39, 0.29) is 24.0 Å². The third-order valence-electron chi connectivity index (χ3n) is 4.74. The highest BCUT2D eigenvalue weighted by Gasteiger charge is 2.14. The third-order valence-corrected chi connectivity index (χ3v) is 4.74. The van der Waals surface area contributed by atoms with Gasteiger partial charge >= 0.3 is 0 Å². The van der Waals surface area contributed by atoms with Gasteiger partial charge in [0, 0.05) is 32.4 Å². The lowest BCUT2D eigenvalue weighted by molar-refractivity contribution is 0.191. The fourth-order valence-electron chi connectivity index (χ4n) is 3.15. The summed E-state index contributed by atoms with van der Waals surface area (Å²) in [5.74, 6) is 1.85. The minimum atomic E-state index is 0. The lowest BCUT2D eigenvalue weighted by Gasteiger charge is -2.30. The van der Waals surface area contributed by atoms with Crippen molar-refractivity contribution in [1.82, 2.24) is 25.3 Å². The average molecular weight is 476 g/mol. The number of aliphatic imine (C=N–C) groups is 1. The van der Waals surface area contributed by atoms with Crippen molar-refractivity contribution in [3.63, 3.8) is 0 Å². The molecule has 7 heteroatoms. The van der Waals surface area contributed by atoms with Crippen molar-refractivity contribution in [2.75, 3.05) is 39.3 Å². The predicted molar refractivity (Wildman–Crippen MR) is 120 cm³/mol. The second-order valence-corrected chi connectivity index (χ2v) is 7.20. The van der Waals surface area contributed by atoms with Crippen molar-refractivity contribution < 1.29 is 0 Å². The van der Waals surface area contributed by atoms with Gasteiger partial charge in [-0.1, -0.05) is 6.92 Å². The molecule has 0 aliphatic carbocycles. The molecule has 2 rings (SSSR count). The molecule has 1 aromatic rings. The van der Waals surface area contributed by atoms with Crippen molar-refractivity contribution in [2.45, 2.75) is 53.0 Å². The zero-order valence-corrected chi connectivity index (χ0v) is 19.0. The number of piperidine rings is 1. The van der Waals surface area contributed by atoms with Crippen molar-refractivity contribution in [3.05, 3.63) is 18.0 Å². The average Bonchev–Trinajstić information content (AvgIpc) is 3.02. The Kier molecular flexibility index (Phi) is 11.9. The highest BCUT2D eigenvalue weighted by atomic mass is 127. The van der Waals surface area contributed by atoms with Crippen LogP contribution in [-0.4, -0.2) is 59.9 Å². The summed E-state index contributed by atoms with van der Waals surface area (Å²) in [5, 5.41) is 11.1. The van der Waals surface area contributed by atoms with E-state index in [1.807, 2.05) is 10.9 Å². The summed E-state index contributed by atoms with van der Waals surface area (Å²) in [6.07, 6.45) is 8.86. The molecule has 1 saturated heterocycles. The Bertz CT molecular complexity index is 508. The van der Waals surface area contributed by atoms with E-state index in [9.17, 15) is 0 Å². The lowest BCUT2D eigenvalue weighted by Crippen LogP contribution is -2.39. The Morgan fingerprint density at radius 1 is 1.23 bits per heavy atom. The zero-order valence-electron chi connectivity index (χ0n) is 16.7. The highest BCUT2D eigenvalue weighted by Crippen LogP contribution is 2.15. The van der Waals surface area contributed by atoms with Gasteiger partial charge in [0.15, 0.2) is 5.96 Å². The van der Waals surface area contributed by atoms with E-state index in [1.54, 1.807) is 0 Å². The molecule has 1 aliphatic heterocycles. The first-order valence-electron chi connectivity index (χ1n) is 9.91. The number of aromatic nitrogens is 2. The van der Waals surface area contributed by atoms with Gasteiger partial charge in [-0.25, -0.2) is 0 Å². The molecule has 0 spiro atoms. The Labute approximate surface area is 176 Å². The van der Waals surface area contributed by atoms with Crippen LogP contribution in [-0.2, 0) is 6.54 Å². The number of hydrogen-bond acceptors (Lipinski definition) is 3. The van der Waals surface area contributed by atoms with Gasteiger partial charge in [-0.15, -0.1) is 24.0 Å². The maximum atomic E-state index is 4.67. The van der Waals surface area contributed by atoms with Crippen molar-refractivity contribution >= 4 is 29.9 Å². The quantitative estimate of drug-likeness (QED) is 0.249. The van der Waals surface area contributed by atoms with E-state index in [2.05, 4.69) is 52.6 Å². The third kappa shape index (κ3) is 9.21. The predicted octanol–water partition coefficient (Wildman–Crippen LogP) is 2.88. The van der Waals surface area contributed by atoms with E-state index in [0.717, 1.165) is 44.5 Å². The van der Waals surface area contributed by atoms with E-state index in [0.29, 0.717) is 0 Å². The van der Waals surface area contributed by atoms with Crippen LogP contribution in [0.5, 0.6) is 0 Å². The largest absolute Gasteiger partial charge is 0.357 e. The SMILES string of the molecule is CCNC(=NCCCn1cc(C)cn1)NCCCN1CCC(C)CC1.I. The Balaban J connectivity index is 0.00000338. The lowest BCUT2D eigenvalue weighted by atomic mass is 9.99. The number of aryl methyl sites for hydroxylation is 2. The molecule has 2 N–H and O–H groups in total. The van der Waals surface area contributed by atoms with Crippen LogP contribution < -0.4 is 10.6 Å². The number of nitrogens with zero attached hydrogens (tertiary/aromatic N) is 4. The molecule has 0 saturated carbocycles. The second kappa shape index (κ2) is 13.4. The number of hydrogen-bond donors (Lipinski definition) is 2. The van der Waals surface area contributed by atoms with E-state index >= 15 is 0 Å². The van der Waals surface area contributed by atoms with Crippen LogP contribution in [0.25, 0.3) is 0 Å². The van der Waals surface area contributed by atoms with Crippen LogP contribution in [0.4, 0.5) is 0 Å². The first kappa shape index (κ1) is 23.2. The van der Waals surface area contributed by atoms with Gasteiger partial charge in [0.1, 0.15) is 0 Å². The summed E-state index contributed by atoms with van der Waals surface area (Å²) in [6.45, 7) is 13.9. The van der Waals surface area contributed by atoms with Crippen molar-refractivity contribution in [1.29, 1.82) is 0 Å². The number of rotatable bonds is 9. The summed E-state index contributed by atoms with van der Waals surface area (Å²) in [5.41, 5.74) is 1.21. The Morgan fingerprint density at radius 2 is 2.00 bits per heavy atom. The molecular weight excluding hydrogens is 439 g/mol. The van der Waals surface area contributed by atoms with Crippen LogP contribution in [0.3, 0.4) is 0 Å². The van der Waals surface area contributed by atoms with E-state index < -0.39 is 0 Å². The first-order valence-corrected chi connectivity index (χ1v) is 9.91. The molecule has 0 aromatic carbocycles. The van der Waals surface area contributed by atoms with Crippen molar-refractivity contribution in [2.24, 2.45) is 10.9 Å². The number of guanidine groups is 1. The zero-order chi connectivity index (χ0) is 17.9. The second-order valence-electron chi connectivity index (χ2n) is 7.20. The molecule has 0 amide bonds. The van der Waals surface area contributed by atoms with E-state index in [1.165, 1.54) is 44.5 Å². The monoisotopic (exact) mass is 476 g/mol. The fraction of sp³-hybridized carbons (Fsp3) is 0.789. The summed E-state index contributed by atoms with van der Waals surface area (Å²) in [7, 11) is 0. The van der Waals surface area contributed by atoms with Crippen LogP contribution >= 0.6 is 24.0 Å². The fourth-order valence-corrected chi connectivity index (χ4v) is 3.15. The maximum absolute atomic E-state index is 4.67. The minimum Gasteiger partial charge on any atom is -0.357 e. The molecule has 1 fully saturated rings. The first-order chi connectivity index (χ1) is 12.2. The van der Waals surface area contributed by atoms with Crippen LogP contribution in [0.1, 0.15) is 45.1 Å². The molecule has 0 unspecified atom stereocenters. The topological polar surface area (TPSA) is 57.5 Å². The van der Waals surface area contributed by atoms with Crippen LogP contribution in [0, 0.1) is 12.8 Å². The molecule has 0 radical (unpaired) electrons. The van der Waals surface area contributed by atoms with Crippen molar-refractivity contribution in [3.8, 4) is 0 Å². The van der Waals surface area contributed by atoms with Gasteiger partial charge in [-0.3, -0.25) is 9.67 Å². The minimum absolute atomic E-state index is 0. The summed E-state index contributed by atoms with van der Waals surface area (Å²) < 4.78 is 1.99. The van der Waals surface area contributed by atoms with E-state index in [4.69, 9.17) is 0 Å². The van der Waals surface area contributed by atoms with Crippen LogP contribution in [0.2, 0.25) is 0 Å². The molecule has 0 atom stereocenters. The number of likely N-dealkylation sites (tertiary alicyclic amines) is 1. The number of nitrogens with one attached hydrogen (secondary N) is 2.